The summed E-state index contributed by atoms with van der Waals surface area (Å²) in [6.07, 6.45) is 2.65. The van der Waals surface area contributed by atoms with Crippen molar-refractivity contribution >= 4 is 23.2 Å². The molecule has 7 heteroatoms. The van der Waals surface area contributed by atoms with Crippen molar-refractivity contribution in [2.75, 3.05) is 11.9 Å². The lowest BCUT2D eigenvalue weighted by atomic mass is 10.1. The minimum absolute atomic E-state index is 0.0492. The number of carbonyl (C=O) groups excluding carboxylic acids is 1. The molecule has 86 valence electrons. The van der Waals surface area contributed by atoms with Crippen LogP contribution < -0.4 is 16.2 Å². The summed E-state index contributed by atoms with van der Waals surface area (Å²) in [6, 6.07) is 0.0822. The van der Waals surface area contributed by atoms with Crippen LogP contribution in [0, 0.1) is 0 Å². The highest BCUT2D eigenvalue weighted by Crippen LogP contribution is 2.17. The van der Waals surface area contributed by atoms with E-state index in [9.17, 15) is 9.59 Å². The number of hydrogen-bond acceptors (Lipinski definition) is 4. The van der Waals surface area contributed by atoms with E-state index in [0.717, 1.165) is 6.42 Å². The van der Waals surface area contributed by atoms with Crippen molar-refractivity contribution in [2.24, 2.45) is 0 Å². The molecule has 1 saturated heterocycles. The number of H-pyrrole nitrogens is 1. The lowest BCUT2D eigenvalue weighted by molar-refractivity contribution is -0.122. The number of carbonyl (C=O) groups is 1. The number of piperidine rings is 1. The van der Waals surface area contributed by atoms with Crippen LogP contribution in [0.1, 0.15) is 12.8 Å². The van der Waals surface area contributed by atoms with Crippen molar-refractivity contribution in [1.82, 2.24) is 15.5 Å². The lowest BCUT2D eigenvalue weighted by Crippen LogP contribution is -2.42. The van der Waals surface area contributed by atoms with Gasteiger partial charge in [0.1, 0.15) is 5.02 Å². The van der Waals surface area contributed by atoms with Crippen LogP contribution in [0.4, 0.5) is 5.69 Å². The number of nitrogens with one attached hydrogen (secondary N) is 3. The molecule has 0 radical (unpaired) electrons. The smallest absolute Gasteiger partial charge is 0.285 e. The monoisotopic (exact) mass is 242 g/mol. The molecule has 2 heterocycles. The van der Waals surface area contributed by atoms with Gasteiger partial charge in [0.2, 0.25) is 5.91 Å². The van der Waals surface area contributed by atoms with E-state index in [1.165, 1.54) is 6.20 Å². The van der Waals surface area contributed by atoms with E-state index in [0.29, 0.717) is 18.7 Å². The van der Waals surface area contributed by atoms with Crippen LogP contribution in [0.15, 0.2) is 11.0 Å². The number of halogens is 1. The molecule has 1 unspecified atom stereocenters. The molecule has 1 aliphatic heterocycles. The van der Waals surface area contributed by atoms with Crippen molar-refractivity contribution in [3.05, 3.63) is 21.6 Å². The third kappa shape index (κ3) is 2.33. The Morgan fingerprint density at radius 1 is 1.50 bits per heavy atom. The molecule has 0 saturated carbocycles. The molecule has 1 aromatic heterocycles. The number of aromatic amines is 1. The first-order valence-corrected chi connectivity index (χ1v) is 5.31. The van der Waals surface area contributed by atoms with Gasteiger partial charge in [0.15, 0.2) is 0 Å². The van der Waals surface area contributed by atoms with Crippen LogP contribution in [-0.2, 0) is 4.79 Å². The van der Waals surface area contributed by atoms with Crippen LogP contribution in [0.2, 0.25) is 5.02 Å². The summed E-state index contributed by atoms with van der Waals surface area (Å²) in [4.78, 5) is 22.1. The molecule has 16 heavy (non-hydrogen) atoms. The van der Waals surface area contributed by atoms with E-state index >= 15 is 0 Å². The van der Waals surface area contributed by atoms with Crippen LogP contribution >= 0.6 is 11.6 Å². The first-order chi connectivity index (χ1) is 7.66. The third-order valence-electron chi connectivity index (χ3n) is 2.42. The molecule has 1 fully saturated rings. The van der Waals surface area contributed by atoms with Gasteiger partial charge in [0, 0.05) is 19.0 Å². The first-order valence-electron chi connectivity index (χ1n) is 4.93. The Morgan fingerprint density at radius 3 is 3.00 bits per heavy atom. The molecule has 1 aliphatic rings. The average Bonchev–Trinajstić information content (AvgIpc) is 2.28. The summed E-state index contributed by atoms with van der Waals surface area (Å²) in [6.45, 7) is 0.530. The number of aromatic nitrogens is 2. The van der Waals surface area contributed by atoms with Crippen molar-refractivity contribution in [1.29, 1.82) is 0 Å². The van der Waals surface area contributed by atoms with Gasteiger partial charge in [-0.1, -0.05) is 11.6 Å². The topological polar surface area (TPSA) is 86.9 Å². The Bertz CT molecular complexity index is 449. The molecule has 1 aromatic rings. The largest absolute Gasteiger partial charge is 0.378 e. The van der Waals surface area contributed by atoms with Gasteiger partial charge in [-0.3, -0.25) is 9.59 Å². The first kappa shape index (κ1) is 10.9. The maximum absolute atomic E-state index is 11.2. The maximum atomic E-state index is 11.2. The van der Waals surface area contributed by atoms with E-state index in [2.05, 4.69) is 20.8 Å². The fourth-order valence-corrected chi connectivity index (χ4v) is 1.71. The Morgan fingerprint density at radius 2 is 2.31 bits per heavy atom. The van der Waals surface area contributed by atoms with Crippen LogP contribution in [-0.4, -0.2) is 28.7 Å². The lowest BCUT2D eigenvalue weighted by Gasteiger charge is -2.24. The molecule has 0 spiro atoms. The van der Waals surface area contributed by atoms with Crippen molar-refractivity contribution in [3.63, 3.8) is 0 Å². The van der Waals surface area contributed by atoms with Gasteiger partial charge in [-0.2, -0.15) is 5.10 Å². The van der Waals surface area contributed by atoms with Gasteiger partial charge >= 0.3 is 0 Å². The van der Waals surface area contributed by atoms with E-state index in [4.69, 9.17) is 11.6 Å². The quantitative estimate of drug-likeness (QED) is 0.687. The Hall–Kier alpha value is -1.56. The summed E-state index contributed by atoms with van der Waals surface area (Å²) in [5, 5.41) is 11.8. The minimum Gasteiger partial charge on any atom is -0.378 e. The number of nitrogens with zero attached hydrogens (tertiary/aromatic N) is 1. The number of anilines is 1. The molecule has 0 aromatic carbocycles. The fraction of sp³-hybridized carbons (Fsp3) is 0.444. The second-order valence-corrected chi connectivity index (χ2v) is 3.99. The average molecular weight is 243 g/mol. The highest BCUT2D eigenvalue weighted by molar-refractivity contribution is 6.32. The summed E-state index contributed by atoms with van der Waals surface area (Å²) in [5.74, 6) is 0.0492. The molecule has 6 nitrogen and oxygen atoms in total. The molecule has 3 N–H and O–H groups in total. The molecular formula is C9H11ClN4O2. The zero-order valence-corrected chi connectivity index (χ0v) is 9.17. The van der Waals surface area contributed by atoms with Gasteiger partial charge in [0.05, 0.1) is 11.9 Å². The molecule has 1 amide bonds. The molecule has 0 aliphatic carbocycles. The maximum Gasteiger partial charge on any atom is 0.285 e. The zero-order chi connectivity index (χ0) is 11.5. The summed E-state index contributed by atoms with van der Waals surface area (Å²) >= 11 is 5.81. The SMILES string of the molecule is O=C1CCC(Nc2cn[nH]c(=O)c2Cl)CN1. The van der Waals surface area contributed by atoms with E-state index in [1.807, 2.05) is 0 Å². The van der Waals surface area contributed by atoms with Crippen molar-refractivity contribution in [3.8, 4) is 0 Å². The normalized spacial score (nSPS) is 20.3. The Balaban J connectivity index is 2.07. The zero-order valence-electron chi connectivity index (χ0n) is 8.42. The van der Waals surface area contributed by atoms with Crippen LogP contribution in [0.25, 0.3) is 0 Å². The number of rotatable bonds is 2. The molecule has 1 atom stereocenters. The minimum atomic E-state index is -0.425. The van der Waals surface area contributed by atoms with Gasteiger partial charge in [-0.05, 0) is 6.42 Å². The van der Waals surface area contributed by atoms with Gasteiger partial charge in [-0.25, -0.2) is 5.10 Å². The van der Waals surface area contributed by atoms with Gasteiger partial charge < -0.3 is 10.6 Å². The molecular weight excluding hydrogens is 232 g/mol. The summed E-state index contributed by atoms with van der Waals surface area (Å²) in [5.41, 5.74) is 0.0677. The van der Waals surface area contributed by atoms with E-state index < -0.39 is 5.56 Å². The predicted octanol–water partition coefficient (Wildman–Crippen LogP) is 0.114. The van der Waals surface area contributed by atoms with Crippen molar-refractivity contribution < 1.29 is 4.79 Å². The summed E-state index contributed by atoms with van der Waals surface area (Å²) < 4.78 is 0. The predicted molar refractivity (Wildman–Crippen MR) is 59.5 cm³/mol. The highest BCUT2D eigenvalue weighted by Gasteiger charge is 2.18. The Labute approximate surface area is 96.4 Å². The number of hydrogen-bond donors (Lipinski definition) is 3. The molecule has 0 bridgehead atoms. The van der Waals surface area contributed by atoms with Gasteiger partial charge in [-0.15, -0.1) is 0 Å². The Kier molecular flexibility index (Phi) is 3.09. The van der Waals surface area contributed by atoms with Crippen molar-refractivity contribution in [2.45, 2.75) is 18.9 Å². The molecule has 2 rings (SSSR count). The van der Waals surface area contributed by atoms with Crippen LogP contribution in [0.3, 0.4) is 0 Å². The third-order valence-corrected chi connectivity index (χ3v) is 2.80. The fourth-order valence-electron chi connectivity index (χ4n) is 1.56. The van der Waals surface area contributed by atoms with E-state index in [-0.39, 0.29) is 17.0 Å². The second-order valence-electron chi connectivity index (χ2n) is 3.61. The van der Waals surface area contributed by atoms with E-state index in [1.54, 1.807) is 0 Å². The second kappa shape index (κ2) is 4.52. The summed E-state index contributed by atoms with van der Waals surface area (Å²) in [7, 11) is 0. The van der Waals surface area contributed by atoms with Crippen LogP contribution in [0.5, 0.6) is 0 Å². The highest BCUT2D eigenvalue weighted by atomic mass is 35.5. The standard InChI is InChI=1S/C9H11ClN4O2/c10-8-6(4-12-14-9(8)16)13-5-1-2-7(15)11-3-5/h4-5H,1-3H2,(H,11,15)(H2,13,14,16). The van der Waals surface area contributed by atoms with Gasteiger partial charge in [0.25, 0.3) is 5.56 Å². The number of amides is 1.